The third-order valence-electron chi connectivity index (χ3n) is 3.75. The molecule has 2 aromatic rings. The molecule has 0 aromatic carbocycles. The molecule has 2 aromatic heterocycles. The van der Waals surface area contributed by atoms with Crippen LogP contribution in [0.1, 0.15) is 6.42 Å². The van der Waals surface area contributed by atoms with E-state index in [1.807, 2.05) is 18.2 Å². The van der Waals surface area contributed by atoms with E-state index in [1.54, 1.807) is 29.0 Å². The molecule has 1 aliphatic heterocycles. The van der Waals surface area contributed by atoms with Gasteiger partial charge in [0.15, 0.2) is 0 Å². The number of hydrogen-bond donors (Lipinski definition) is 0. The Labute approximate surface area is 127 Å². The smallest absolute Gasteiger partial charge is 0.311 e. The molecule has 0 N–H and O–H groups in total. The summed E-state index contributed by atoms with van der Waals surface area (Å²) in [4.78, 5) is 29.4. The van der Waals surface area contributed by atoms with Crippen LogP contribution in [0.4, 0.5) is 5.82 Å². The van der Waals surface area contributed by atoms with Gasteiger partial charge in [0, 0.05) is 44.0 Å². The van der Waals surface area contributed by atoms with Crippen molar-refractivity contribution in [1.29, 1.82) is 0 Å². The summed E-state index contributed by atoms with van der Waals surface area (Å²) in [5.41, 5.74) is 1.61. The summed E-state index contributed by atoms with van der Waals surface area (Å²) in [6.45, 7) is 0.317. The Morgan fingerprint density at radius 3 is 2.95 bits per heavy atom. The zero-order chi connectivity index (χ0) is 15.7. The van der Waals surface area contributed by atoms with Gasteiger partial charge in [-0.1, -0.05) is 0 Å². The van der Waals surface area contributed by atoms with E-state index in [0.717, 1.165) is 11.3 Å². The number of carbonyl (C=O) groups is 2. The zero-order valence-corrected chi connectivity index (χ0v) is 12.4. The van der Waals surface area contributed by atoms with Crippen LogP contribution < -0.4 is 4.90 Å². The zero-order valence-electron chi connectivity index (χ0n) is 12.4. The van der Waals surface area contributed by atoms with Gasteiger partial charge in [-0.05, 0) is 12.1 Å². The van der Waals surface area contributed by atoms with Crippen LogP contribution in [0.25, 0.3) is 11.3 Å². The first-order valence-electron chi connectivity index (χ1n) is 6.92. The molecule has 1 fully saturated rings. The van der Waals surface area contributed by atoms with Gasteiger partial charge in [-0.15, -0.1) is 0 Å². The monoisotopic (exact) mass is 300 g/mol. The summed E-state index contributed by atoms with van der Waals surface area (Å²) in [5, 5.41) is 4.42. The third kappa shape index (κ3) is 2.45. The second-order valence-corrected chi connectivity index (χ2v) is 5.18. The summed E-state index contributed by atoms with van der Waals surface area (Å²) in [7, 11) is 3.11. The highest BCUT2D eigenvalue weighted by molar-refractivity contribution is 5.99. The molecular formula is C15H16N4O3. The predicted octanol–water partition coefficient (Wildman–Crippen LogP) is 1.01. The van der Waals surface area contributed by atoms with Crippen LogP contribution >= 0.6 is 0 Å². The Kier molecular flexibility index (Phi) is 3.62. The fraction of sp³-hybridized carbons (Fsp3) is 0.333. The van der Waals surface area contributed by atoms with Crippen LogP contribution in [0, 0.1) is 5.92 Å². The second-order valence-electron chi connectivity index (χ2n) is 5.18. The van der Waals surface area contributed by atoms with E-state index in [2.05, 4.69) is 10.1 Å². The van der Waals surface area contributed by atoms with Gasteiger partial charge in [0.05, 0.1) is 18.7 Å². The number of ether oxygens (including phenoxy) is 1. The van der Waals surface area contributed by atoms with Crippen molar-refractivity contribution in [3.8, 4) is 11.3 Å². The van der Waals surface area contributed by atoms with Crippen molar-refractivity contribution in [3.05, 3.63) is 30.6 Å². The van der Waals surface area contributed by atoms with E-state index in [9.17, 15) is 9.59 Å². The van der Waals surface area contributed by atoms with Crippen LogP contribution in [-0.2, 0) is 21.4 Å². The minimum Gasteiger partial charge on any atom is -0.469 e. The lowest BCUT2D eigenvalue weighted by Crippen LogP contribution is -2.28. The van der Waals surface area contributed by atoms with Gasteiger partial charge >= 0.3 is 5.97 Å². The number of pyridine rings is 1. The summed E-state index contributed by atoms with van der Waals surface area (Å²) < 4.78 is 6.36. The highest BCUT2D eigenvalue weighted by atomic mass is 16.5. The largest absolute Gasteiger partial charge is 0.469 e. The first-order valence-corrected chi connectivity index (χ1v) is 6.92. The van der Waals surface area contributed by atoms with Crippen molar-refractivity contribution < 1.29 is 14.3 Å². The summed E-state index contributed by atoms with van der Waals surface area (Å²) in [6.07, 6.45) is 3.58. The van der Waals surface area contributed by atoms with E-state index < -0.39 is 5.92 Å². The summed E-state index contributed by atoms with van der Waals surface area (Å²) >= 11 is 0. The average Bonchev–Trinajstić information content (AvgIpc) is 3.10. The number of aromatic nitrogens is 3. The Morgan fingerprint density at radius 1 is 1.45 bits per heavy atom. The molecule has 3 heterocycles. The molecule has 0 saturated carbocycles. The first-order chi connectivity index (χ1) is 10.6. The SMILES string of the molecule is COC(=O)C1CC(=O)N(c2cc(-c3cccnc3)nn2C)C1. The maximum Gasteiger partial charge on any atom is 0.311 e. The topological polar surface area (TPSA) is 77.3 Å². The molecule has 0 radical (unpaired) electrons. The summed E-state index contributed by atoms with van der Waals surface area (Å²) in [6, 6.07) is 5.56. The number of aryl methyl sites for hydroxylation is 1. The standard InChI is InChI=1S/C15H16N4O3/c1-18-13(7-12(17-18)10-4-3-5-16-8-10)19-9-11(6-14(19)20)15(21)22-2/h3-5,7-8,11H,6,9H2,1-2H3. The van der Waals surface area contributed by atoms with Gasteiger partial charge in [-0.25, -0.2) is 0 Å². The molecule has 1 atom stereocenters. The molecule has 0 spiro atoms. The van der Waals surface area contributed by atoms with E-state index in [1.165, 1.54) is 7.11 Å². The molecule has 1 saturated heterocycles. The highest BCUT2D eigenvalue weighted by Crippen LogP contribution is 2.28. The minimum atomic E-state index is -0.422. The van der Waals surface area contributed by atoms with Crippen molar-refractivity contribution in [2.24, 2.45) is 13.0 Å². The predicted molar refractivity (Wildman–Crippen MR) is 78.9 cm³/mol. The number of hydrogen-bond acceptors (Lipinski definition) is 5. The maximum atomic E-state index is 12.2. The molecule has 7 heteroatoms. The number of rotatable bonds is 3. The Morgan fingerprint density at radius 2 is 2.27 bits per heavy atom. The van der Waals surface area contributed by atoms with Crippen molar-refractivity contribution >= 4 is 17.7 Å². The van der Waals surface area contributed by atoms with Crippen LogP contribution in [0.5, 0.6) is 0 Å². The maximum absolute atomic E-state index is 12.2. The average molecular weight is 300 g/mol. The van der Waals surface area contributed by atoms with Crippen LogP contribution in [0.15, 0.2) is 30.6 Å². The Hall–Kier alpha value is -2.70. The van der Waals surface area contributed by atoms with Gasteiger partial charge < -0.3 is 4.74 Å². The number of methoxy groups -OCH3 is 1. The van der Waals surface area contributed by atoms with Gasteiger partial charge in [-0.2, -0.15) is 5.10 Å². The fourth-order valence-electron chi connectivity index (χ4n) is 2.62. The molecule has 114 valence electrons. The number of nitrogens with zero attached hydrogens (tertiary/aromatic N) is 4. The molecule has 0 bridgehead atoms. The number of carbonyl (C=O) groups excluding carboxylic acids is 2. The number of esters is 1. The highest BCUT2D eigenvalue weighted by Gasteiger charge is 2.37. The first kappa shape index (κ1) is 14.2. The van der Waals surface area contributed by atoms with Crippen molar-refractivity contribution in [2.75, 3.05) is 18.6 Å². The molecule has 0 aliphatic carbocycles. The number of anilines is 1. The van der Waals surface area contributed by atoms with E-state index >= 15 is 0 Å². The van der Waals surface area contributed by atoms with Gasteiger partial charge in [-0.3, -0.25) is 24.2 Å². The van der Waals surface area contributed by atoms with Gasteiger partial charge in [0.1, 0.15) is 5.82 Å². The fourth-order valence-corrected chi connectivity index (χ4v) is 2.62. The van der Waals surface area contributed by atoms with Crippen LogP contribution in [-0.4, -0.2) is 40.3 Å². The molecule has 22 heavy (non-hydrogen) atoms. The normalized spacial score (nSPS) is 17.8. The van der Waals surface area contributed by atoms with E-state index in [-0.39, 0.29) is 18.3 Å². The molecule has 1 aliphatic rings. The van der Waals surface area contributed by atoms with Crippen LogP contribution in [0.2, 0.25) is 0 Å². The Bertz CT molecular complexity index is 711. The molecular weight excluding hydrogens is 284 g/mol. The third-order valence-corrected chi connectivity index (χ3v) is 3.75. The van der Waals surface area contributed by atoms with Crippen molar-refractivity contribution in [2.45, 2.75) is 6.42 Å². The lowest BCUT2D eigenvalue weighted by atomic mass is 10.1. The van der Waals surface area contributed by atoms with Gasteiger partial charge in [0.2, 0.25) is 5.91 Å². The molecule has 7 nitrogen and oxygen atoms in total. The lowest BCUT2D eigenvalue weighted by molar-refractivity contribution is -0.145. The number of amides is 1. The minimum absolute atomic E-state index is 0.101. The molecule has 3 rings (SSSR count). The van der Waals surface area contributed by atoms with E-state index in [4.69, 9.17) is 4.74 Å². The van der Waals surface area contributed by atoms with E-state index in [0.29, 0.717) is 12.4 Å². The van der Waals surface area contributed by atoms with Crippen molar-refractivity contribution in [3.63, 3.8) is 0 Å². The quantitative estimate of drug-likeness (QED) is 0.791. The van der Waals surface area contributed by atoms with Crippen LogP contribution in [0.3, 0.4) is 0 Å². The molecule has 1 unspecified atom stereocenters. The van der Waals surface area contributed by atoms with Gasteiger partial charge in [0.25, 0.3) is 0 Å². The summed E-state index contributed by atoms with van der Waals surface area (Å²) in [5.74, 6) is -0.217. The molecule has 1 amide bonds. The second kappa shape index (κ2) is 5.59. The lowest BCUT2D eigenvalue weighted by Gasteiger charge is -2.15. The van der Waals surface area contributed by atoms with Crippen molar-refractivity contribution in [1.82, 2.24) is 14.8 Å². The Balaban J connectivity index is 1.88.